The number of rotatable bonds is 7. The second kappa shape index (κ2) is 8.80. The molecule has 0 fully saturated rings. The average Bonchev–Trinajstić information content (AvgIpc) is 3.05. The highest BCUT2D eigenvalue weighted by molar-refractivity contribution is 5.71. The number of halogens is 2. The standard InChI is InChI=1S/C19H22F2N4O4/c1-5-7-14(23-18(26)29-19(2,3)4)12-8-6-9-13(10-12)16-15(25(27)28)11-22-24(16)17(20)21/h5-6,8-11,14,17H,1,7H2,2-4H3,(H,23,26). The first-order chi connectivity index (χ1) is 13.5. The Labute approximate surface area is 166 Å². The Morgan fingerprint density at radius 2 is 2.14 bits per heavy atom. The smallest absolute Gasteiger partial charge is 0.408 e. The number of nitrogens with zero attached hydrogens (tertiary/aromatic N) is 3. The number of nitrogens with one attached hydrogen (secondary N) is 1. The van der Waals surface area contributed by atoms with Crippen LogP contribution in [-0.2, 0) is 4.74 Å². The van der Waals surface area contributed by atoms with Crippen molar-refractivity contribution in [3.8, 4) is 11.3 Å². The minimum Gasteiger partial charge on any atom is -0.444 e. The lowest BCUT2D eigenvalue weighted by Gasteiger charge is -2.23. The van der Waals surface area contributed by atoms with Gasteiger partial charge in [0.2, 0.25) is 0 Å². The van der Waals surface area contributed by atoms with Crippen LogP contribution in [0, 0.1) is 10.1 Å². The molecule has 0 bridgehead atoms. The van der Waals surface area contributed by atoms with Gasteiger partial charge in [-0.15, -0.1) is 6.58 Å². The fourth-order valence-corrected chi connectivity index (χ4v) is 2.71. The van der Waals surface area contributed by atoms with Crippen molar-refractivity contribution in [3.05, 3.63) is 58.8 Å². The Bertz CT molecular complexity index is 906. The molecule has 0 aliphatic rings. The van der Waals surface area contributed by atoms with Crippen LogP contribution in [0.15, 0.2) is 43.1 Å². The number of amides is 1. The summed E-state index contributed by atoms with van der Waals surface area (Å²) in [5.41, 5.74) is -0.837. The molecule has 1 N–H and O–H groups in total. The van der Waals surface area contributed by atoms with Crippen molar-refractivity contribution >= 4 is 11.8 Å². The van der Waals surface area contributed by atoms with Crippen molar-refractivity contribution in [1.29, 1.82) is 0 Å². The molecule has 156 valence electrons. The Morgan fingerprint density at radius 1 is 1.45 bits per heavy atom. The Kier molecular flexibility index (Phi) is 6.68. The molecule has 10 heteroatoms. The zero-order valence-electron chi connectivity index (χ0n) is 16.3. The number of alkyl halides is 2. The molecule has 1 heterocycles. The quantitative estimate of drug-likeness (QED) is 0.395. The number of carbonyl (C=O) groups is 1. The maximum absolute atomic E-state index is 13.3. The summed E-state index contributed by atoms with van der Waals surface area (Å²) in [7, 11) is 0. The van der Waals surface area contributed by atoms with Crippen LogP contribution in [0.1, 0.15) is 45.3 Å². The number of ether oxygens (including phenoxy) is 1. The molecule has 1 aromatic carbocycles. The number of benzene rings is 1. The number of hydrogen-bond donors (Lipinski definition) is 1. The summed E-state index contributed by atoms with van der Waals surface area (Å²) in [5, 5.41) is 17.4. The number of aromatic nitrogens is 2. The van der Waals surface area contributed by atoms with Crippen molar-refractivity contribution in [2.45, 2.75) is 45.4 Å². The van der Waals surface area contributed by atoms with Gasteiger partial charge in [0, 0.05) is 5.56 Å². The monoisotopic (exact) mass is 408 g/mol. The summed E-state index contributed by atoms with van der Waals surface area (Å²) in [6.07, 6.45) is 2.05. The Balaban J connectivity index is 2.44. The van der Waals surface area contributed by atoms with Gasteiger partial charge in [-0.25, -0.2) is 4.79 Å². The topological polar surface area (TPSA) is 99.3 Å². The predicted molar refractivity (Wildman–Crippen MR) is 102 cm³/mol. The van der Waals surface area contributed by atoms with Gasteiger partial charge < -0.3 is 10.1 Å². The molecule has 8 nitrogen and oxygen atoms in total. The van der Waals surface area contributed by atoms with Crippen LogP contribution in [0.3, 0.4) is 0 Å². The van der Waals surface area contributed by atoms with Gasteiger partial charge in [-0.2, -0.15) is 18.6 Å². The molecule has 1 aromatic heterocycles. The van der Waals surface area contributed by atoms with Crippen LogP contribution in [0.5, 0.6) is 0 Å². The number of carbonyl (C=O) groups excluding carboxylic acids is 1. The van der Waals surface area contributed by atoms with E-state index in [0.717, 1.165) is 6.20 Å². The molecule has 0 aliphatic carbocycles. The third-order valence-electron chi connectivity index (χ3n) is 3.81. The van der Waals surface area contributed by atoms with E-state index >= 15 is 0 Å². The molecule has 0 saturated heterocycles. The minimum absolute atomic E-state index is 0.173. The number of alkyl carbamates (subject to hydrolysis) is 1. The van der Waals surface area contributed by atoms with Crippen LogP contribution in [0.4, 0.5) is 19.3 Å². The second-order valence-electron chi connectivity index (χ2n) is 7.21. The van der Waals surface area contributed by atoms with Gasteiger partial charge in [0.05, 0.1) is 11.0 Å². The Hall–Kier alpha value is -3.30. The molecule has 1 atom stereocenters. The van der Waals surface area contributed by atoms with Gasteiger partial charge in [0.25, 0.3) is 0 Å². The summed E-state index contributed by atoms with van der Waals surface area (Å²) >= 11 is 0. The zero-order chi connectivity index (χ0) is 21.8. The van der Waals surface area contributed by atoms with Crippen molar-refractivity contribution < 1.29 is 23.2 Å². The molecule has 0 aliphatic heterocycles. The van der Waals surface area contributed by atoms with Gasteiger partial charge in [-0.1, -0.05) is 24.3 Å². The lowest BCUT2D eigenvalue weighted by atomic mass is 9.99. The van der Waals surface area contributed by atoms with Crippen molar-refractivity contribution in [2.24, 2.45) is 0 Å². The van der Waals surface area contributed by atoms with E-state index in [1.54, 1.807) is 39.0 Å². The highest BCUT2D eigenvalue weighted by atomic mass is 19.3. The SMILES string of the molecule is C=CCC(NC(=O)OC(C)(C)C)c1cccc(-c2c([N+](=O)[O-])cnn2C(F)F)c1. The Morgan fingerprint density at radius 3 is 2.69 bits per heavy atom. The van der Waals surface area contributed by atoms with Gasteiger partial charge in [-0.05, 0) is 38.8 Å². The minimum atomic E-state index is -3.05. The summed E-state index contributed by atoms with van der Waals surface area (Å²) in [5.74, 6) is 0. The molecule has 29 heavy (non-hydrogen) atoms. The summed E-state index contributed by atoms with van der Waals surface area (Å²) in [6, 6.07) is 5.62. The zero-order valence-corrected chi connectivity index (χ0v) is 16.3. The van der Waals surface area contributed by atoms with Gasteiger partial charge >= 0.3 is 18.3 Å². The van der Waals surface area contributed by atoms with Crippen LogP contribution in [0.2, 0.25) is 0 Å². The first-order valence-electron chi connectivity index (χ1n) is 8.74. The van der Waals surface area contributed by atoms with E-state index in [0.29, 0.717) is 16.7 Å². The fourth-order valence-electron chi connectivity index (χ4n) is 2.71. The molecular formula is C19H22F2N4O4. The second-order valence-corrected chi connectivity index (χ2v) is 7.21. The maximum Gasteiger partial charge on any atom is 0.408 e. The molecule has 0 saturated carbocycles. The lowest BCUT2D eigenvalue weighted by molar-refractivity contribution is -0.384. The molecule has 1 amide bonds. The highest BCUT2D eigenvalue weighted by Gasteiger charge is 2.27. The molecule has 0 spiro atoms. The molecule has 1 unspecified atom stereocenters. The third kappa shape index (κ3) is 5.59. The third-order valence-corrected chi connectivity index (χ3v) is 3.81. The summed E-state index contributed by atoms with van der Waals surface area (Å²) in [4.78, 5) is 22.6. The number of hydrogen-bond acceptors (Lipinski definition) is 5. The largest absolute Gasteiger partial charge is 0.444 e. The molecular weight excluding hydrogens is 386 g/mol. The van der Waals surface area contributed by atoms with E-state index in [4.69, 9.17) is 4.74 Å². The molecule has 0 radical (unpaired) electrons. The van der Waals surface area contributed by atoms with Crippen molar-refractivity contribution in [1.82, 2.24) is 15.1 Å². The summed E-state index contributed by atoms with van der Waals surface area (Å²) in [6.45, 7) is 5.78. The van der Waals surface area contributed by atoms with E-state index in [1.165, 1.54) is 12.1 Å². The first kappa shape index (κ1) is 22.0. The highest BCUT2D eigenvalue weighted by Crippen LogP contribution is 2.34. The summed E-state index contributed by atoms with van der Waals surface area (Å²) < 4.78 is 32.1. The maximum atomic E-state index is 13.3. The predicted octanol–water partition coefficient (Wildman–Crippen LogP) is 5.00. The van der Waals surface area contributed by atoms with Crippen LogP contribution in [-0.4, -0.2) is 26.4 Å². The van der Waals surface area contributed by atoms with Crippen LogP contribution in [0.25, 0.3) is 11.3 Å². The van der Waals surface area contributed by atoms with E-state index in [1.807, 2.05) is 0 Å². The normalized spacial score (nSPS) is 12.5. The fraction of sp³-hybridized carbons (Fsp3) is 0.368. The van der Waals surface area contributed by atoms with Gasteiger partial charge in [-0.3, -0.25) is 10.1 Å². The van der Waals surface area contributed by atoms with Gasteiger partial charge in [0.15, 0.2) is 5.69 Å². The van der Waals surface area contributed by atoms with E-state index < -0.39 is 34.9 Å². The van der Waals surface area contributed by atoms with Crippen LogP contribution < -0.4 is 5.32 Å². The molecule has 2 rings (SSSR count). The number of nitro groups is 1. The van der Waals surface area contributed by atoms with Gasteiger partial charge in [0.1, 0.15) is 11.8 Å². The average molecular weight is 408 g/mol. The van der Waals surface area contributed by atoms with Crippen molar-refractivity contribution in [2.75, 3.05) is 0 Å². The van der Waals surface area contributed by atoms with E-state index in [9.17, 15) is 23.7 Å². The van der Waals surface area contributed by atoms with E-state index in [-0.39, 0.29) is 11.3 Å². The van der Waals surface area contributed by atoms with Crippen molar-refractivity contribution in [3.63, 3.8) is 0 Å². The first-order valence-corrected chi connectivity index (χ1v) is 8.74. The molecule has 2 aromatic rings. The van der Waals surface area contributed by atoms with E-state index in [2.05, 4.69) is 17.0 Å². The lowest BCUT2D eigenvalue weighted by Crippen LogP contribution is -2.34. The van der Waals surface area contributed by atoms with Crippen LogP contribution >= 0.6 is 0 Å².